The van der Waals surface area contributed by atoms with Crippen LogP contribution in [0.15, 0.2) is 24.6 Å². The summed E-state index contributed by atoms with van der Waals surface area (Å²) in [6.07, 6.45) is 7.60. The van der Waals surface area contributed by atoms with Crippen LogP contribution in [0, 0.1) is 0 Å². The minimum absolute atomic E-state index is 0.214. The quantitative estimate of drug-likeness (QED) is 0.711. The second-order valence-electron chi connectivity index (χ2n) is 4.46. The third kappa shape index (κ3) is 8.64. The van der Waals surface area contributed by atoms with E-state index in [1.54, 1.807) is 0 Å². The zero-order valence-corrected chi connectivity index (χ0v) is 11.8. The summed E-state index contributed by atoms with van der Waals surface area (Å²) in [5, 5.41) is 8.48. The molecule has 2 unspecified atom stereocenters. The van der Waals surface area contributed by atoms with Crippen molar-refractivity contribution in [1.29, 1.82) is 0 Å². The molecule has 2 atom stereocenters. The molecule has 0 saturated heterocycles. The Kier molecular flexibility index (Phi) is 7.87. The van der Waals surface area contributed by atoms with Gasteiger partial charge < -0.3 is 19.6 Å². The maximum absolute atomic E-state index is 10.3. The molecule has 18 heavy (non-hydrogen) atoms. The third-order valence-corrected chi connectivity index (χ3v) is 2.37. The molecule has 0 aromatic carbocycles. The van der Waals surface area contributed by atoms with E-state index >= 15 is 0 Å². The van der Waals surface area contributed by atoms with E-state index in [-0.39, 0.29) is 18.8 Å². The maximum Gasteiger partial charge on any atom is 0.329 e. The van der Waals surface area contributed by atoms with Gasteiger partial charge in [-0.05, 0) is 38.4 Å². The summed E-state index contributed by atoms with van der Waals surface area (Å²) >= 11 is 0. The second kappa shape index (κ2) is 8.58. The van der Waals surface area contributed by atoms with E-state index in [1.165, 1.54) is 0 Å². The monoisotopic (exact) mass is 256 g/mol. The minimum atomic E-state index is -0.953. The zero-order chi connectivity index (χ0) is 14.1. The Morgan fingerprint density at radius 2 is 1.83 bits per heavy atom. The first kappa shape index (κ1) is 16.5. The SMILES string of the molecule is CC(/C=C/N(C)C(C)/C=C/N(C)C)OCC(=O)O. The summed E-state index contributed by atoms with van der Waals surface area (Å²) in [4.78, 5) is 14.3. The fraction of sp³-hybridized carbons (Fsp3) is 0.615. The number of carboxylic acids is 1. The normalized spacial score (nSPS) is 14.9. The Morgan fingerprint density at radius 1 is 1.22 bits per heavy atom. The molecule has 0 aromatic rings. The maximum atomic E-state index is 10.3. The van der Waals surface area contributed by atoms with Gasteiger partial charge in [0, 0.05) is 27.2 Å². The zero-order valence-electron chi connectivity index (χ0n) is 11.8. The van der Waals surface area contributed by atoms with Crippen molar-refractivity contribution < 1.29 is 14.6 Å². The van der Waals surface area contributed by atoms with E-state index in [1.807, 2.05) is 56.3 Å². The van der Waals surface area contributed by atoms with Crippen LogP contribution >= 0.6 is 0 Å². The lowest BCUT2D eigenvalue weighted by atomic mass is 10.3. The van der Waals surface area contributed by atoms with Crippen LogP contribution in [0.25, 0.3) is 0 Å². The summed E-state index contributed by atoms with van der Waals surface area (Å²) < 4.78 is 5.09. The summed E-state index contributed by atoms with van der Waals surface area (Å²) in [7, 11) is 5.91. The molecular formula is C13H24N2O3. The number of carboxylic acid groups (broad SMARTS) is 1. The molecular weight excluding hydrogens is 232 g/mol. The van der Waals surface area contributed by atoms with Gasteiger partial charge in [0.15, 0.2) is 0 Å². The fourth-order valence-corrected chi connectivity index (χ4v) is 1.08. The van der Waals surface area contributed by atoms with E-state index in [9.17, 15) is 4.79 Å². The number of carbonyl (C=O) groups is 1. The van der Waals surface area contributed by atoms with Crippen molar-refractivity contribution in [2.24, 2.45) is 0 Å². The van der Waals surface area contributed by atoms with Crippen LogP contribution in [0.1, 0.15) is 13.8 Å². The van der Waals surface area contributed by atoms with E-state index in [0.29, 0.717) is 0 Å². The van der Waals surface area contributed by atoms with Gasteiger partial charge in [-0.3, -0.25) is 0 Å². The van der Waals surface area contributed by atoms with E-state index in [4.69, 9.17) is 9.84 Å². The molecule has 0 radical (unpaired) electrons. The predicted molar refractivity (Wildman–Crippen MR) is 72.2 cm³/mol. The van der Waals surface area contributed by atoms with Gasteiger partial charge in [0.05, 0.1) is 6.10 Å². The molecule has 5 nitrogen and oxygen atoms in total. The van der Waals surface area contributed by atoms with Crippen LogP contribution in [0.2, 0.25) is 0 Å². The minimum Gasteiger partial charge on any atom is -0.480 e. The van der Waals surface area contributed by atoms with Crippen molar-refractivity contribution in [2.75, 3.05) is 27.7 Å². The molecule has 0 aromatic heterocycles. The first-order valence-corrected chi connectivity index (χ1v) is 5.91. The van der Waals surface area contributed by atoms with E-state index in [0.717, 1.165) is 0 Å². The lowest BCUT2D eigenvalue weighted by Gasteiger charge is -2.21. The molecule has 0 heterocycles. The van der Waals surface area contributed by atoms with Crippen LogP contribution in [-0.4, -0.2) is 60.8 Å². The highest BCUT2D eigenvalue weighted by Gasteiger charge is 2.03. The molecule has 0 spiro atoms. The van der Waals surface area contributed by atoms with Crippen molar-refractivity contribution in [3.63, 3.8) is 0 Å². The molecule has 0 bridgehead atoms. The molecule has 0 aliphatic heterocycles. The molecule has 0 rings (SSSR count). The Balaban J connectivity index is 4.12. The number of hydrogen-bond acceptors (Lipinski definition) is 4. The lowest BCUT2D eigenvalue weighted by molar-refractivity contribution is -0.143. The summed E-state index contributed by atoms with van der Waals surface area (Å²) in [6.45, 7) is 3.62. The first-order chi connectivity index (χ1) is 8.32. The van der Waals surface area contributed by atoms with Gasteiger partial charge in [-0.1, -0.05) is 0 Å². The number of rotatable bonds is 8. The number of likely N-dealkylation sites (N-methyl/N-ethyl adjacent to an activating group) is 1. The number of ether oxygens (including phenoxy) is 1. The molecule has 0 amide bonds. The molecule has 1 N–H and O–H groups in total. The van der Waals surface area contributed by atoms with E-state index < -0.39 is 5.97 Å². The summed E-state index contributed by atoms with van der Waals surface area (Å²) in [5.74, 6) is -0.953. The topological polar surface area (TPSA) is 53.0 Å². The average molecular weight is 256 g/mol. The van der Waals surface area contributed by atoms with Crippen LogP contribution < -0.4 is 0 Å². The van der Waals surface area contributed by atoms with Crippen molar-refractivity contribution in [2.45, 2.75) is 26.0 Å². The van der Waals surface area contributed by atoms with Crippen LogP contribution in [0.3, 0.4) is 0 Å². The Bertz CT molecular complexity index is 301. The van der Waals surface area contributed by atoms with Crippen LogP contribution in [0.5, 0.6) is 0 Å². The molecule has 0 aliphatic rings. The largest absolute Gasteiger partial charge is 0.480 e. The average Bonchev–Trinajstić information content (AvgIpc) is 2.30. The summed E-state index contributed by atoms with van der Waals surface area (Å²) in [5.41, 5.74) is 0. The van der Waals surface area contributed by atoms with Crippen molar-refractivity contribution in [1.82, 2.24) is 9.80 Å². The van der Waals surface area contributed by atoms with Gasteiger partial charge in [0.1, 0.15) is 6.61 Å². The molecule has 104 valence electrons. The molecule has 0 fully saturated rings. The van der Waals surface area contributed by atoms with Gasteiger partial charge in [-0.25, -0.2) is 4.79 Å². The lowest BCUT2D eigenvalue weighted by Crippen LogP contribution is -2.23. The van der Waals surface area contributed by atoms with Gasteiger partial charge in [-0.15, -0.1) is 0 Å². The highest BCUT2D eigenvalue weighted by atomic mass is 16.5. The molecule has 0 saturated carbocycles. The predicted octanol–water partition coefficient (Wildman–Crippen LogP) is 1.39. The molecule has 0 aliphatic carbocycles. The van der Waals surface area contributed by atoms with E-state index in [2.05, 4.69) is 13.0 Å². The standard InChI is InChI=1S/C13H24N2O3/c1-11(6-8-14(3)4)15(5)9-7-12(2)18-10-13(16)17/h6-9,11-12H,10H2,1-5H3,(H,16,17)/b8-6+,9-7+. The van der Waals surface area contributed by atoms with Crippen LogP contribution in [0.4, 0.5) is 0 Å². The van der Waals surface area contributed by atoms with Crippen molar-refractivity contribution in [3.05, 3.63) is 24.6 Å². The first-order valence-electron chi connectivity index (χ1n) is 5.91. The highest BCUT2D eigenvalue weighted by Crippen LogP contribution is 2.01. The Hall–Kier alpha value is -1.49. The molecule has 5 heteroatoms. The van der Waals surface area contributed by atoms with Crippen LogP contribution in [-0.2, 0) is 9.53 Å². The number of aliphatic carboxylic acids is 1. The van der Waals surface area contributed by atoms with Crippen molar-refractivity contribution in [3.8, 4) is 0 Å². The summed E-state index contributed by atoms with van der Waals surface area (Å²) in [6, 6.07) is 0.260. The van der Waals surface area contributed by atoms with Gasteiger partial charge in [-0.2, -0.15) is 0 Å². The highest BCUT2D eigenvalue weighted by molar-refractivity contribution is 5.68. The number of hydrogen-bond donors (Lipinski definition) is 1. The van der Waals surface area contributed by atoms with Gasteiger partial charge in [0.25, 0.3) is 0 Å². The third-order valence-electron chi connectivity index (χ3n) is 2.37. The fourth-order valence-electron chi connectivity index (χ4n) is 1.08. The second-order valence-corrected chi connectivity index (χ2v) is 4.46. The Morgan fingerprint density at radius 3 is 2.33 bits per heavy atom. The van der Waals surface area contributed by atoms with Gasteiger partial charge in [0.2, 0.25) is 0 Å². The smallest absolute Gasteiger partial charge is 0.329 e. The Labute approximate surface area is 109 Å². The van der Waals surface area contributed by atoms with Crippen molar-refractivity contribution >= 4 is 5.97 Å². The van der Waals surface area contributed by atoms with Gasteiger partial charge >= 0.3 is 5.97 Å². The number of nitrogens with zero attached hydrogens (tertiary/aromatic N) is 2.